The second-order valence-corrected chi connectivity index (χ2v) is 5.78. The van der Waals surface area contributed by atoms with Gasteiger partial charge in [0.05, 0.1) is 6.20 Å². The number of nitrogens with zero attached hydrogens (tertiary/aromatic N) is 2. The summed E-state index contributed by atoms with van der Waals surface area (Å²) in [6, 6.07) is 0.199. The molecule has 0 saturated heterocycles. The Morgan fingerprint density at radius 2 is 2.14 bits per heavy atom. The minimum Gasteiger partial charge on any atom is -0.452 e. The standard InChI is InChI=1S/C15H23N3O3/c1-10-6-4-5-7-13(10)17-14(19)9-21-15(20)12-8-16-18(3)11(12)2/h8,10,13H,4-7,9H2,1-3H3,(H,17,19). The lowest BCUT2D eigenvalue weighted by Crippen LogP contribution is -2.42. The van der Waals surface area contributed by atoms with Crippen molar-refractivity contribution in [2.45, 2.75) is 45.6 Å². The van der Waals surface area contributed by atoms with Crippen LogP contribution in [-0.2, 0) is 16.6 Å². The van der Waals surface area contributed by atoms with Crippen LogP contribution in [-0.4, -0.2) is 34.3 Å². The summed E-state index contributed by atoms with van der Waals surface area (Å²) in [6.45, 7) is 3.69. The molecule has 1 aromatic heterocycles. The van der Waals surface area contributed by atoms with Crippen LogP contribution < -0.4 is 5.32 Å². The summed E-state index contributed by atoms with van der Waals surface area (Å²) in [6.07, 6.45) is 5.97. The van der Waals surface area contributed by atoms with Gasteiger partial charge in [0.15, 0.2) is 6.61 Å². The first-order valence-corrected chi connectivity index (χ1v) is 7.44. The number of carbonyl (C=O) groups is 2. The van der Waals surface area contributed by atoms with E-state index in [4.69, 9.17) is 4.74 Å². The first-order valence-electron chi connectivity index (χ1n) is 7.44. The molecule has 21 heavy (non-hydrogen) atoms. The molecule has 1 aliphatic rings. The zero-order valence-corrected chi connectivity index (χ0v) is 12.9. The van der Waals surface area contributed by atoms with Crippen molar-refractivity contribution < 1.29 is 14.3 Å². The fraction of sp³-hybridized carbons (Fsp3) is 0.667. The van der Waals surface area contributed by atoms with Crippen LogP contribution in [0.25, 0.3) is 0 Å². The monoisotopic (exact) mass is 293 g/mol. The molecule has 1 aliphatic carbocycles. The van der Waals surface area contributed by atoms with Crippen molar-refractivity contribution in [2.24, 2.45) is 13.0 Å². The molecule has 1 amide bonds. The minimum atomic E-state index is -0.507. The molecule has 0 radical (unpaired) electrons. The highest BCUT2D eigenvalue weighted by Crippen LogP contribution is 2.23. The van der Waals surface area contributed by atoms with Crippen LogP contribution in [0.15, 0.2) is 6.20 Å². The fourth-order valence-corrected chi connectivity index (χ4v) is 2.69. The number of hydrogen-bond acceptors (Lipinski definition) is 4. The van der Waals surface area contributed by atoms with Gasteiger partial charge in [-0.25, -0.2) is 4.79 Å². The molecule has 2 rings (SSSR count). The average Bonchev–Trinajstić information content (AvgIpc) is 2.79. The Hall–Kier alpha value is -1.85. The van der Waals surface area contributed by atoms with Gasteiger partial charge >= 0.3 is 5.97 Å². The van der Waals surface area contributed by atoms with E-state index in [0.29, 0.717) is 11.5 Å². The van der Waals surface area contributed by atoms with Crippen LogP contribution in [0, 0.1) is 12.8 Å². The molecule has 0 spiro atoms. The second kappa shape index (κ2) is 6.74. The maximum Gasteiger partial charge on any atom is 0.342 e. The molecule has 1 heterocycles. The third-order valence-corrected chi connectivity index (χ3v) is 4.25. The largest absolute Gasteiger partial charge is 0.452 e. The lowest BCUT2D eigenvalue weighted by atomic mass is 9.86. The van der Waals surface area contributed by atoms with Gasteiger partial charge in [0.1, 0.15) is 5.56 Å². The van der Waals surface area contributed by atoms with Gasteiger partial charge in [-0.3, -0.25) is 9.48 Å². The predicted molar refractivity (Wildman–Crippen MR) is 77.8 cm³/mol. The Kier molecular flexibility index (Phi) is 4.98. The van der Waals surface area contributed by atoms with E-state index in [9.17, 15) is 9.59 Å². The molecule has 6 heteroatoms. The van der Waals surface area contributed by atoms with E-state index < -0.39 is 5.97 Å². The van der Waals surface area contributed by atoms with E-state index in [0.717, 1.165) is 25.0 Å². The average molecular weight is 293 g/mol. The van der Waals surface area contributed by atoms with Crippen LogP contribution in [0.5, 0.6) is 0 Å². The Morgan fingerprint density at radius 3 is 2.76 bits per heavy atom. The van der Waals surface area contributed by atoms with E-state index in [1.165, 1.54) is 12.6 Å². The molecule has 1 N–H and O–H groups in total. The minimum absolute atomic E-state index is 0.199. The van der Waals surface area contributed by atoms with Crippen LogP contribution >= 0.6 is 0 Å². The first-order chi connectivity index (χ1) is 9.99. The number of ether oxygens (including phenoxy) is 1. The summed E-state index contributed by atoms with van der Waals surface area (Å²) in [7, 11) is 1.75. The highest BCUT2D eigenvalue weighted by atomic mass is 16.5. The third-order valence-electron chi connectivity index (χ3n) is 4.25. The van der Waals surface area contributed by atoms with Crippen LogP contribution in [0.4, 0.5) is 0 Å². The van der Waals surface area contributed by atoms with Crippen LogP contribution in [0.3, 0.4) is 0 Å². The van der Waals surface area contributed by atoms with E-state index in [2.05, 4.69) is 17.3 Å². The van der Waals surface area contributed by atoms with Gasteiger partial charge in [0.2, 0.25) is 0 Å². The predicted octanol–water partition coefficient (Wildman–Crippen LogP) is 1.58. The zero-order chi connectivity index (χ0) is 15.4. The Labute approximate surface area is 124 Å². The first kappa shape index (κ1) is 15.5. The number of aromatic nitrogens is 2. The van der Waals surface area contributed by atoms with Gasteiger partial charge in [-0.2, -0.15) is 5.10 Å². The van der Waals surface area contributed by atoms with Gasteiger partial charge in [-0.05, 0) is 25.7 Å². The summed E-state index contributed by atoms with van der Waals surface area (Å²) in [5.74, 6) is -0.255. The topological polar surface area (TPSA) is 73.2 Å². The highest BCUT2D eigenvalue weighted by molar-refractivity contribution is 5.92. The Morgan fingerprint density at radius 1 is 1.43 bits per heavy atom. The number of carbonyl (C=O) groups excluding carboxylic acids is 2. The molecular weight excluding hydrogens is 270 g/mol. The van der Waals surface area contributed by atoms with Gasteiger partial charge in [0.25, 0.3) is 5.91 Å². The molecule has 1 fully saturated rings. The number of aryl methyl sites for hydroxylation is 1. The maximum absolute atomic E-state index is 11.9. The molecule has 2 atom stereocenters. The lowest BCUT2D eigenvalue weighted by Gasteiger charge is -2.29. The van der Waals surface area contributed by atoms with Crippen molar-refractivity contribution in [1.82, 2.24) is 15.1 Å². The Bertz CT molecular complexity index is 524. The number of nitrogens with one attached hydrogen (secondary N) is 1. The quantitative estimate of drug-likeness (QED) is 0.855. The van der Waals surface area contributed by atoms with Crippen molar-refractivity contribution >= 4 is 11.9 Å². The summed E-state index contributed by atoms with van der Waals surface area (Å²) >= 11 is 0. The number of amides is 1. The Balaban J connectivity index is 1.81. The highest BCUT2D eigenvalue weighted by Gasteiger charge is 2.23. The maximum atomic E-state index is 11.9. The van der Waals surface area contributed by atoms with E-state index >= 15 is 0 Å². The molecule has 0 aliphatic heterocycles. The lowest BCUT2D eigenvalue weighted by molar-refractivity contribution is -0.125. The molecule has 1 aromatic rings. The van der Waals surface area contributed by atoms with Gasteiger partial charge in [0, 0.05) is 18.8 Å². The molecular formula is C15H23N3O3. The van der Waals surface area contributed by atoms with Crippen molar-refractivity contribution in [3.8, 4) is 0 Å². The van der Waals surface area contributed by atoms with Gasteiger partial charge in [-0.1, -0.05) is 19.8 Å². The molecule has 6 nitrogen and oxygen atoms in total. The molecule has 0 bridgehead atoms. The van der Waals surface area contributed by atoms with Gasteiger partial charge < -0.3 is 10.1 Å². The summed E-state index contributed by atoms with van der Waals surface area (Å²) in [5.41, 5.74) is 1.12. The van der Waals surface area contributed by atoms with E-state index in [1.54, 1.807) is 18.7 Å². The molecule has 0 aromatic carbocycles. The fourth-order valence-electron chi connectivity index (χ4n) is 2.69. The molecule has 1 saturated carbocycles. The zero-order valence-electron chi connectivity index (χ0n) is 12.9. The number of hydrogen-bond donors (Lipinski definition) is 1. The number of esters is 1. The summed E-state index contributed by atoms with van der Waals surface area (Å²) in [5, 5.41) is 6.94. The smallest absolute Gasteiger partial charge is 0.342 e. The van der Waals surface area contributed by atoms with Crippen molar-refractivity contribution in [3.63, 3.8) is 0 Å². The van der Waals surface area contributed by atoms with Crippen molar-refractivity contribution in [2.75, 3.05) is 6.61 Å². The van der Waals surface area contributed by atoms with Crippen molar-refractivity contribution in [3.05, 3.63) is 17.5 Å². The summed E-state index contributed by atoms with van der Waals surface area (Å²) < 4.78 is 6.65. The second-order valence-electron chi connectivity index (χ2n) is 5.78. The van der Waals surface area contributed by atoms with E-state index in [1.807, 2.05) is 0 Å². The van der Waals surface area contributed by atoms with Crippen molar-refractivity contribution in [1.29, 1.82) is 0 Å². The third kappa shape index (κ3) is 3.83. The normalized spacial score (nSPS) is 21.9. The van der Waals surface area contributed by atoms with Crippen LogP contribution in [0.1, 0.15) is 48.7 Å². The van der Waals surface area contributed by atoms with Crippen LogP contribution in [0.2, 0.25) is 0 Å². The summed E-state index contributed by atoms with van der Waals surface area (Å²) in [4.78, 5) is 23.8. The van der Waals surface area contributed by atoms with Gasteiger partial charge in [-0.15, -0.1) is 0 Å². The molecule has 2 unspecified atom stereocenters. The molecule has 116 valence electrons. The van der Waals surface area contributed by atoms with E-state index in [-0.39, 0.29) is 18.6 Å². The SMILES string of the molecule is Cc1c(C(=O)OCC(=O)NC2CCCCC2C)cnn1C. The number of rotatable bonds is 4.